The van der Waals surface area contributed by atoms with Crippen molar-refractivity contribution >= 4 is 22.8 Å². The Morgan fingerprint density at radius 2 is 1.69 bits per heavy atom. The van der Waals surface area contributed by atoms with Crippen LogP contribution in [0.1, 0.15) is 86.3 Å². The van der Waals surface area contributed by atoms with Crippen LogP contribution < -0.4 is 5.56 Å². The van der Waals surface area contributed by atoms with Gasteiger partial charge in [0.2, 0.25) is 5.60 Å². The molecule has 6 heterocycles. The van der Waals surface area contributed by atoms with Gasteiger partial charge in [0.15, 0.2) is 5.82 Å². The van der Waals surface area contributed by atoms with Crippen molar-refractivity contribution < 1.29 is 39.5 Å². The first kappa shape index (κ1) is 40.7. The van der Waals surface area contributed by atoms with Gasteiger partial charge in [-0.2, -0.15) is 0 Å². The highest BCUT2D eigenvalue weighted by molar-refractivity contribution is 5.90. The number of hydrogen-bond donors (Lipinski definition) is 4. The molecule has 0 bridgehead atoms. The Balaban J connectivity index is 0.877. The fraction of sp³-hybridized carbons (Fsp3) is 0.362. The number of esters is 2. The molecule has 4 N–H and O–H groups in total. The zero-order valence-corrected chi connectivity index (χ0v) is 35.0. The van der Waals surface area contributed by atoms with Gasteiger partial charge in [-0.25, -0.2) is 14.3 Å². The highest BCUT2D eigenvalue weighted by atomic mass is 16.6. The number of hydrogen-bond acceptors (Lipinski definition) is 13. The van der Waals surface area contributed by atoms with Crippen molar-refractivity contribution in [3.63, 3.8) is 0 Å². The molecule has 1 atom stereocenters. The Kier molecular flexibility index (Phi) is 10.2. The number of carbonyl (C=O) groups excluding carboxylic acids is 2. The van der Waals surface area contributed by atoms with E-state index in [4.69, 9.17) is 14.5 Å². The summed E-state index contributed by atoms with van der Waals surface area (Å²) in [5.41, 5.74) is 4.87. The Labute approximate surface area is 356 Å². The number of aromatic hydroxyl groups is 4. The second kappa shape index (κ2) is 15.6. The minimum Gasteiger partial charge on any atom is -0.508 e. The SMILES string of the molecule is CCc1c2c(nc3ccc(O)cc13)-c1cc3c(c(=O)n1C2)COC(=O)C3(CC)OC(=O)CN1CCC(Cc2ccc(-n3c(O)nnc3-c3cc(C(C)C)c(O)cc3O)cc2)CC1. The average Bonchev–Trinajstić information content (AvgIpc) is 3.82. The van der Waals surface area contributed by atoms with Gasteiger partial charge < -0.3 is 34.5 Å². The lowest BCUT2D eigenvalue weighted by atomic mass is 9.85. The van der Waals surface area contributed by atoms with Gasteiger partial charge in [0.25, 0.3) is 5.56 Å². The van der Waals surface area contributed by atoms with Crippen molar-refractivity contribution in [1.29, 1.82) is 0 Å². The molecule has 1 saturated heterocycles. The monoisotopic (exact) mass is 840 g/mol. The summed E-state index contributed by atoms with van der Waals surface area (Å²) in [5, 5.41) is 50.7. The second-order valence-electron chi connectivity index (χ2n) is 16.8. The Morgan fingerprint density at radius 1 is 0.935 bits per heavy atom. The highest BCUT2D eigenvalue weighted by Crippen LogP contribution is 2.43. The summed E-state index contributed by atoms with van der Waals surface area (Å²) in [4.78, 5) is 48.5. The van der Waals surface area contributed by atoms with Gasteiger partial charge in [0.05, 0.1) is 46.8 Å². The van der Waals surface area contributed by atoms with Gasteiger partial charge in [0, 0.05) is 22.6 Å². The number of piperidine rings is 1. The number of phenols is 3. The predicted molar refractivity (Wildman–Crippen MR) is 228 cm³/mol. The van der Waals surface area contributed by atoms with Gasteiger partial charge in [-0.05, 0) is 116 Å². The van der Waals surface area contributed by atoms with Crippen LogP contribution in [0.4, 0.5) is 0 Å². The summed E-state index contributed by atoms with van der Waals surface area (Å²) in [6, 6.07) is 17.1. The molecule has 15 nitrogen and oxygen atoms in total. The quantitative estimate of drug-likeness (QED) is 0.111. The van der Waals surface area contributed by atoms with E-state index in [-0.39, 0.29) is 72.2 Å². The zero-order valence-electron chi connectivity index (χ0n) is 35.0. The van der Waals surface area contributed by atoms with E-state index in [1.165, 1.54) is 10.6 Å². The number of cyclic esters (lactones) is 1. The smallest absolute Gasteiger partial charge is 0.355 e. The Hall–Kier alpha value is -6.74. The average molecular weight is 841 g/mol. The van der Waals surface area contributed by atoms with Crippen molar-refractivity contribution in [3.05, 3.63) is 104 Å². The normalized spacial score (nSPS) is 17.5. The molecular weight excluding hydrogens is 793 g/mol. The minimum atomic E-state index is -1.80. The first-order chi connectivity index (χ1) is 29.8. The summed E-state index contributed by atoms with van der Waals surface area (Å²) in [6.45, 7) is 8.94. The van der Waals surface area contributed by atoms with E-state index in [2.05, 4.69) is 10.2 Å². The summed E-state index contributed by atoms with van der Waals surface area (Å²) >= 11 is 0. The van der Waals surface area contributed by atoms with E-state index in [0.717, 1.165) is 41.3 Å². The number of nitrogens with zero attached hydrogens (tertiary/aromatic N) is 6. The molecule has 6 aromatic rings. The summed E-state index contributed by atoms with van der Waals surface area (Å²) in [5.74, 6) is -0.802. The molecule has 9 rings (SSSR count). The first-order valence-electron chi connectivity index (χ1n) is 21.1. The molecule has 320 valence electrons. The molecule has 3 aliphatic rings. The molecule has 1 unspecified atom stereocenters. The minimum absolute atomic E-state index is 0.0179. The topological polar surface area (TPSA) is 202 Å². The lowest BCUT2D eigenvalue weighted by molar-refractivity contribution is -0.190. The molecule has 0 saturated carbocycles. The van der Waals surface area contributed by atoms with E-state index in [0.29, 0.717) is 64.7 Å². The summed E-state index contributed by atoms with van der Waals surface area (Å²) in [7, 11) is 0. The molecule has 0 radical (unpaired) electrons. The van der Waals surface area contributed by atoms with Crippen molar-refractivity contribution in [2.24, 2.45) is 5.92 Å². The van der Waals surface area contributed by atoms with E-state index < -0.39 is 17.5 Å². The number of fused-ring (bicyclic) bond motifs is 5. The van der Waals surface area contributed by atoms with Crippen LogP contribution in [0.25, 0.3) is 39.4 Å². The number of rotatable bonds is 10. The number of phenolic OH excluding ortho intramolecular Hbond substituents is 3. The van der Waals surface area contributed by atoms with Crippen LogP contribution >= 0.6 is 0 Å². The fourth-order valence-corrected chi connectivity index (χ4v) is 9.51. The lowest BCUT2D eigenvalue weighted by Gasteiger charge is -2.37. The van der Waals surface area contributed by atoms with Crippen molar-refractivity contribution in [2.45, 2.75) is 84.5 Å². The number of aromatic nitrogens is 5. The van der Waals surface area contributed by atoms with Crippen molar-refractivity contribution in [1.82, 2.24) is 29.2 Å². The van der Waals surface area contributed by atoms with Gasteiger partial charge in [-0.3, -0.25) is 14.5 Å². The molecule has 3 aliphatic heterocycles. The van der Waals surface area contributed by atoms with Crippen LogP contribution in [0.2, 0.25) is 0 Å². The Bertz CT molecular complexity index is 2840. The van der Waals surface area contributed by atoms with Crippen molar-refractivity contribution in [2.75, 3.05) is 19.6 Å². The molecule has 15 heteroatoms. The van der Waals surface area contributed by atoms with Crippen LogP contribution in [0.3, 0.4) is 0 Å². The number of benzene rings is 3. The molecule has 3 aromatic heterocycles. The van der Waals surface area contributed by atoms with E-state index in [1.54, 1.807) is 41.8 Å². The molecule has 3 aromatic carbocycles. The molecule has 1 fully saturated rings. The molecule has 62 heavy (non-hydrogen) atoms. The molecular formula is C47H48N6O9. The predicted octanol–water partition coefficient (Wildman–Crippen LogP) is 6.34. The number of carbonyl (C=O) groups is 2. The maximum Gasteiger partial charge on any atom is 0.355 e. The first-order valence-corrected chi connectivity index (χ1v) is 21.1. The van der Waals surface area contributed by atoms with Gasteiger partial charge in [-0.1, -0.05) is 44.9 Å². The Morgan fingerprint density at radius 3 is 2.40 bits per heavy atom. The maximum absolute atomic E-state index is 14.1. The third-order valence-electron chi connectivity index (χ3n) is 12.8. The van der Waals surface area contributed by atoms with Crippen LogP contribution in [-0.2, 0) is 50.7 Å². The van der Waals surface area contributed by atoms with Gasteiger partial charge in [-0.15, -0.1) is 5.10 Å². The lowest BCUT2D eigenvalue weighted by Crippen LogP contribution is -2.49. The summed E-state index contributed by atoms with van der Waals surface area (Å²) < 4.78 is 14.8. The van der Waals surface area contributed by atoms with E-state index in [9.17, 15) is 34.8 Å². The number of ether oxygens (including phenoxy) is 2. The number of aryl methyl sites for hydroxylation is 1. The number of pyridine rings is 2. The van der Waals surface area contributed by atoms with Crippen LogP contribution in [0.15, 0.2) is 65.5 Å². The van der Waals surface area contributed by atoms with E-state index in [1.807, 2.05) is 49.9 Å². The zero-order chi connectivity index (χ0) is 43.6. The second-order valence-corrected chi connectivity index (χ2v) is 16.8. The third kappa shape index (κ3) is 6.80. The highest BCUT2D eigenvalue weighted by Gasteiger charge is 2.50. The molecule has 0 aliphatic carbocycles. The maximum atomic E-state index is 14.1. The third-order valence-corrected chi connectivity index (χ3v) is 12.8. The van der Waals surface area contributed by atoms with Crippen molar-refractivity contribution in [3.8, 4) is 51.7 Å². The summed E-state index contributed by atoms with van der Waals surface area (Å²) in [6.07, 6.45) is 3.19. The van der Waals surface area contributed by atoms with Crippen LogP contribution in [0.5, 0.6) is 23.3 Å². The molecule has 0 amide bonds. The number of likely N-dealkylation sites (tertiary alicyclic amines) is 1. The van der Waals surface area contributed by atoms with Gasteiger partial charge >= 0.3 is 17.9 Å². The van der Waals surface area contributed by atoms with Crippen LogP contribution in [-0.4, -0.2) is 81.2 Å². The molecule has 0 spiro atoms. The fourth-order valence-electron chi connectivity index (χ4n) is 9.51. The van der Waals surface area contributed by atoms with E-state index >= 15 is 0 Å². The van der Waals surface area contributed by atoms with Gasteiger partial charge in [0.1, 0.15) is 23.9 Å². The largest absolute Gasteiger partial charge is 0.508 e. The van der Waals surface area contributed by atoms with Crippen LogP contribution in [0, 0.1) is 5.92 Å². The standard InChI is InChI=1S/C47H48N6O9/c1-5-30-32-18-29(54)11-12-37(32)48-42-34(30)22-52-38(42)20-36-35(44(52)58)24-61-45(59)47(36,6-2)62-41(57)23-51-15-13-27(14-16-51)17-26-7-9-28(10-8-26)53-43(49-50-46(53)60)33-19-31(25(3)4)39(55)21-40(33)56/h7-12,18-21,25,27,54-56H,5-6,13-17,22-24H2,1-4H3,(H,50,60).